The molecule has 0 fully saturated rings. The maximum absolute atomic E-state index is 9.73. The molecule has 0 bridgehead atoms. The summed E-state index contributed by atoms with van der Waals surface area (Å²) in [4.78, 5) is 2.26. The lowest BCUT2D eigenvalue weighted by Gasteiger charge is -2.30. The second-order valence-electron chi connectivity index (χ2n) is 4.26. The van der Waals surface area contributed by atoms with Gasteiger partial charge in [-0.1, -0.05) is 27.7 Å². The van der Waals surface area contributed by atoms with Crippen LogP contribution in [0.25, 0.3) is 0 Å². The van der Waals surface area contributed by atoms with Gasteiger partial charge in [-0.15, -0.1) is 0 Å². The fourth-order valence-electron chi connectivity index (χ4n) is 1.78. The second kappa shape index (κ2) is 9.79. The predicted octanol–water partition coefficient (Wildman–Crippen LogP) is 1.51. The van der Waals surface area contributed by atoms with Gasteiger partial charge in [-0.05, 0) is 13.0 Å². The van der Waals surface area contributed by atoms with Crippen molar-refractivity contribution >= 4 is 0 Å². The maximum atomic E-state index is 9.73. The summed E-state index contributed by atoms with van der Waals surface area (Å²) < 4.78 is 0. The lowest BCUT2D eigenvalue weighted by Crippen LogP contribution is -2.44. The minimum atomic E-state index is 0.175. The molecule has 0 saturated heterocycles. The van der Waals surface area contributed by atoms with E-state index in [1.54, 1.807) is 0 Å². The van der Waals surface area contributed by atoms with Gasteiger partial charge >= 0.3 is 0 Å². The molecule has 0 aromatic carbocycles. The third-order valence-corrected chi connectivity index (χ3v) is 3.17. The van der Waals surface area contributed by atoms with Crippen molar-refractivity contribution in [1.29, 1.82) is 0 Å². The second-order valence-corrected chi connectivity index (χ2v) is 4.26. The van der Waals surface area contributed by atoms with E-state index in [0.29, 0.717) is 19.6 Å². The van der Waals surface area contributed by atoms with Crippen molar-refractivity contribution in [3.05, 3.63) is 0 Å². The van der Waals surface area contributed by atoms with E-state index in [9.17, 15) is 10.4 Å². The Balaban J connectivity index is 4.08. The number of hydrogen-bond donors (Lipinski definition) is 2. The quantitative estimate of drug-likeness (QED) is 0.573. The lowest BCUT2D eigenvalue weighted by atomic mass is 10.2. The number of hydroxylamine groups is 4. The Morgan fingerprint density at radius 1 is 0.882 bits per heavy atom. The molecule has 0 aliphatic heterocycles. The van der Waals surface area contributed by atoms with Crippen molar-refractivity contribution in [1.82, 2.24) is 15.0 Å². The van der Waals surface area contributed by atoms with Crippen LogP contribution in [-0.2, 0) is 0 Å². The zero-order valence-corrected chi connectivity index (χ0v) is 11.8. The van der Waals surface area contributed by atoms with Crippen molar-refractivity contribution < 1.29 is 10.4 Å². The molecule has 0 saturated carbocycles. The van der Waals surface area contributed by atoms with Gasteiger partial charge in [0.05, 0.1) is 0 Å². The van der Waals surface area contributed by atoms with Gasteiger partial charge in [0.2, 0.25) is 0 Å². The van der Waals surface area contributed by atoms with Crippen LogP contribution in [0.15, 0.2) is 0 Å². The fraction of sp³-hybridized carbons (Fsp3) is 1.00. The highest BCUT2D eigenvalue weighted by Gasteiger charge is 2.16. The van der Waals surface area contributed by atoms with Crippen molar-refractivity contribution in [2.75, 3.05) is 39.3 Å². The van der Waals surface area contributed by atoms with Gasteiger partial charge in [-0.25, -0.2) is 0 Å². The van der Waals surface area contributed by atoms with Crippen LogP contribution in [0.1, 0.15) is 34.1 Å². The summed E-state index contributed by atoms with van der Waals surface area (Å²) in [6.07, 6.45) is 0.928. The maximum Gasteiger partial charge on any atom is 0.0474 e. The molecular weight excluding hydrogens is 218 g/mol. The summed E-state index contributed by atoms with van der Waals surface area (Å²) in [6, 6.07) is 0.175. The summed E-state index contributed by atoms with van der Waals surface area (Å²) in [5, 5.41) is 21.8. The molecule has 0 spiro atoms. The third-order valence-electron chi connectivity index (χ3n) is 3.17. The Morgan fingerprint density at radius 2 is 1.53 bits per heavy atom. The minimum absolute atomic E-state index is 0.175. The van der Waals surface area contributed by atoms with Gasteiger partial charge in [0.25, 0.3) is 0 Å². The van der Waals surface area contributed by atoms with Gasteiger partial charge in [-0.2, -0.15) is 10.1 Å². The molecule has 0 rings (SSSR count). The number of likely N-dealkylation sites (N-methyl/N-ethyl adjacent to an activating group) is 3. The largest absolute Gasteiger partial charge is 0.314 e. The Bertz CT molecular complexity index is 181. The van der Waals surface area contributed by atoms with Crippen molar-refractivity contribution in [3.8, 4) is 0 Å². The van der Waals surface area contributed by atoms with E-state index in [0.717, 1.165) is 26.1 Å². The molecule has 1 unspecified atom stereocenters. The summed E-state index contributed by atoms with van der Waals surface area (Å²) >= 11 is 0. The van der Waals surface area contributed by atoms with Crippen LogP contribution in [0.3, 0.4) is 0 Å². The molecule has 0 amide bonds. The molecular formula is C12H29N3O2. The molecule has 0 heterocycles. The molecule has 0 aliphatic carbocycles. The van der Waals surface area contributed by atoms with E-state index in [4.69, 9.17) is 0 Å². The monoisotopic (exact) mass is 247 g/mol. The van der Waals surface area contributed by atoms with Crippen LogP contribution >= 0.6 is 0 Å². The SMILES string of the molecule is CCC(CN(CC)CCN(O)CC)N(O)CC. The van der Waals surface area contributed by atoms with Crippen LogP contribution < -0.4 is 0 Å². The zero-order chi connectivity index (χ0) is 13.3. The van der Waals surface area contributed by atoms with Crippen LogP contribution in [0.5, 0.6) is 0 Å². The predicted molar refractivity (Wildman–Crippen MR) is 69.4 cm³/mol. The van der Waals surface area contributed by atoms with Gasteiger partial charge in [0.1, 0.15) is 0 Å². The standard InChI is InChI=1S/C12H29N3O2/c1-5-12(15(17)8-4)11-13(6-2)9-10-14(16)7-3/h12,16-17H,5-11H2,1-4H3. The Labute approximate surface area is 106 Å². The minimum Gasteiger partial charge on any atom is -0.314 e. The van der Waals surface area contributed by atoms with E-state index >= 15 is 0 Å². The van der Waals surface area contributed by atoms with Gasteiger partial charge in [0.15, 0.2) is 0 Å². The Hall–Kier alpha value is -0.200. The van der Waals surface area contributed by atoms with E-state index in [-0.39, 0.29) is 6.04 Å². The molecule has 2 N–H and O–H groups in total. The molecule has 17 heavy (non-hydrogen) atoms. The first-order valence-electron chi connectivity index (χ1n) is 6.70. The summed E-state index contributed by atoms with van der Waals surface area (Å²) in [5.41, 5.74) is 0. The summed E-state index contributed by atoms with van der Waals surface area (Å²) in [6.45, 7) is 12.6. The average Bonchev–Trinajstić information content (AvgIpc) is 2.37. The topological polar surface area (TPSA) is 50.2 Å². The molecule has 0 aliphatic rings. The molecule has 0 radical (unpaired) electrons. The molecule has 5 nitrogen and oxygen atoms in total. The highest BCUT2D eigenvalue weighted by molar-refractivity contribution is 4.69. The lowest BCUT2D eigenvalue weighted by molar-refractivity contribution is -0.131. The highest BCUT2D eigenvalue weighted by atomic mass is 16.5. The van der Waals surface area contributed by atoms with Crippen molar-refractivity contribution in [2.24, 2.45) is 0 Å². The first kappa shape index (κ1) is 16.8. The van der Waals surface area contributed by atoms with Crippen LogP contribution in [-0.4, -0.2) is 70.8 Å². The smallest absolute Gasteiger partial charge is 0.0474 e. The average molecular weight is 247 g/mol. The summed E-state index contributed by atoms with van der Waals surface area (Å²) in [7, 11) is 0. The van der Waals surface area contributed by atoms with Crippen molar-refractivity contribution in [2.45, 2.75) is 40.2 Å². The Kier molecular flexibility index (Phi) is 9.68. The van der Waals surface area contributed by atoms with E-state index in [1.165, 1.54) is 10.1 Å². The van der Waals surface area contributed by atoms with Gasteiger partial charge in [-0.3, -0.25) is 0 Å². The van der Waals surface area contributed by atoms with Crippen LogP contribution in [0, 0.1) is 0 Å². The third kappa shape index (κ3) is 6.95. The zero-order valence-electron chi connectivity index (χ0n) is 11.8. The molecule has 0 aromatic heterocycles. The molecule has 1 atom stereocenters. The van der Waals surface area contributed by atoms with Crippen LogP contribution in [0.4, 0.5) is 0 Å². The Morgan fingerprint density at radius 3 is 1.94 bits per heavy atom. The fourth-order valence-corrected chi connectivity index (χ4v) is 1.78. The number of nitrogens with zero attached hydrogens (tertiary/aromatic N) is 3. The van der Waals surface area contributed by atoms with E-state index in [2.05, 4.69) is 18.7 Å². The molecule has 5 heteroatoms. The number of hydrogen-bond acceptors (Lipinski definition) is 5. The molecule has 104 valence electrons. The highest BCUT2D eigenvalue weighted by Crippen LogP contribution is 2.04. The van der Waals surface area contributed by atoms with Crippen molar-refractivity contribution in [3.63, 3.8) is 0 Å². The van der Waals surface area contributed by atoms with E-state index in [1.807, 2.05) is 13.8 Å². The van der Waals surface area contributed by atoms with Gasteiger partial charge < -0.3 is 15.3 Å². The number of rotatable bonds is 10. The first-order chi connectivity index (χ1) is 8.08. The normalized spacial score (nSPS) is 13.9. The van der Waals surface area contributed by atoms with E-state index < -0.39 is 0 Å². The summed E-state index contributed by atoms with van der Waals surface area (Å²) in [5.74, 6) is 0. The van der Waals surface area contributed by atoms with Crippen LogP contribution in [0.2, 0.25) is 0 Å². The molecule has 0 aromatic rings. The first-order valence-corrected chi connectivity index (χ1v) is 6.70. The van der Waals surface area contributed by atoms with Gasteiger partial charge in [0, 0.05) is 38.8 Å².